The number of hydrogen-bond acceptors (Lipinski definition) is 6. The first kappa shape index (κ1) is 21.3. The molecule has 2 aromatic carbocycles. The Morgan fingerprint density at radius 3 is 2.77 bits per heavy atom. The summed E-state index contributed by atoms with van der Waals surface area (Å²) in [5.41, 5.74) is 6.10. The molecule has 4 rings (SSSR count). The summed E-state index contributed by atoms with van der Waals surface area (Å²) in [6.45, 7) is 0.894. The van der Waals surface area contributed by atoms with Crippen LogP contribution in [0.1, 0.15) is 21.5 Å². The van der Waals surface area contributed by atoms with Crippen molar-refractivity contribution < 1.29 is 9.53 Å². The molecule has 3 aromatic rings. The summed E-state index contributed by atoms with van der Waals surface area (Å²) in [5.74, 6) is 2.41. The number of aromatic nitrogens is 1. The smallest absolute Gasteiger partial charge is 0.271 e. The van der Waals surface area contributed by atoms with Gasteiger partial charge in [0.05, 0.1) is 19.9 Å². The Morgan fingerprint density at radius 2 is 2.06 bits per heavy atom. The van der Waals surface area contributed by atoms with E-state index < -0.39 is 0 Å². The van der Waals surface area contributed by atoms with E-state index in [4.69, 9.17) is 4.74 Å². The van der Waals surface area contributed by atoms with Gasteiger partial charge in [0.25, 0.3) is 5.91 Å². The third-order valence-electron chi connectivity index (χ3n) is 4.63. The first-order chi connectivity index (χ1) is 15.2. The van der Waals surface area contributed by atoms with Crippen molar-refractivity contribution in [1.82, 2.24) is 9.99 Å². The van der Waals surface area contributed by atoms with Gasteiger partial charge in [0, 0.05) is 40.7 Å². The molecule has 0 unspecified atom stereocenters. The summed E-state index contributed by atoms with van der Waals surface area (Å²) in [6.07, 6.45) is 5.56. The lowest BCUT2D eigenvalue weighted by Crippen LogP contribution is -2.17. The maximum absolute atomic E-state index is 12.4. The van der Waals surface area contributed by atoms with Crippen molar-refractivity contribution in [3.63, 3.8) is 0 Å². The second-order valence-corrected chi connectivity index (χ2v) is 9.00. The number of nitrogens with zero attached hydrogens (tertiary/aromatic N) is 3. The molecule has 0 fully saturated rings. The van der Waals surface area contributed by atoms with Crippen LogP contribution in [0.3, 0.4) is 0 Å². The number of hydrazone groups is 1. The van der Waals surface area contributed by atoms with Crippen molar-refractivity contribution >= 4 is 40.0 Å². The largest absolute Gasteiger partial charge is 0.496 e. The fourth-order valence-corrected chi connectivity index (χ4v) is 5.04. The summed E-state index contributed by atoms with van der Waals surface area (Å²) >= 11 is 3.51. The second kappa shape index (κ2) is 10.4. The molecular formula is C23H22N4O2S2. The van der Waals surface area contributed by atoms with Crippen LogP contribution in [-0.2, 0) is 5.75 Å². The van der Waals surface area contributed by atoms with Gasteiger partial charge < -0.3 is 9.30 Å². The number of amides is 1. The van der Waals surface area contributed by atoms with Gasteiger partial charge in [0.1, 0.15) is 10.1 Å². The van der Waals surface area contributed by atoms with E-state index in [-0.39, 0.29) is 5.91 Å². The lowest BCUT2D eigenvalue weighted by atomic mass is 10.1. The monoisotopic (exact) mass is 450 g/mol. The minimum atomic E-state index is -0.254. The highest BCUT2D eigenvalue weighted by Crippen LogP contribution is 2.29. The van der Waals surface area contributed by atoms with Crippen LogP contribution in [0.5, 0.6) is 5.75 Å². The number of nitrogens with one attached hydrogen (secondary N) is 1. The number of carbonyl (C=O) groups excluding carboxylic acids is 1. The Labute approximate surface area is 189 Å². The van der Waals surface area contributed by atoms with E-state index in [0.29, 0.717) is 5.56 Å². The number of ether oxygens (including phenoxy) is 1. The van der Waals surface area contributed by atoms with E-state index in [9.17, 15) is 4.79 Å². The standard InChI is InChI=1S/C23H22N4O2S2/c1-29-21-9-4-17(14-19(21)16-31-23-24-10-13-30-23)15-25-26-22(28)18-5-7-20(8-6-18)27-11-2-3-12-27/h2-9,11-12,14-15H,10,13,16H2,1H3,(H,26,28). The average Bonchev–Trinajstić information content (AvgIpc) is 3.52. The number of thioether (sulfide) groups is 2. The van der Waals surface area contributed by atoms with Crippen LogP contribution in [0, 0.1) is 0 Å². The molecule has 1 N–H and O–H groups in total. The summed E-state index contributed by atoms with van der Waals surface area (Å²) in [6, 6.07) is 17.1. The van der Waals surface area contributed by atoms with Gasteiger partial charge >= 0.3 is 0 Å². The normalized spacial score (nSPS) is 13.4. The second-order valence-electron chi connectivity index (χ2n) is 6.69. The third-order valence-corrected chi connectivity index (χ3v) is 6.93. The summed E-state index contributed by atoms with van der Waals surface area (Å²) in [7, 11) is 1.67. The molecule has 0 radical (unpaired) electrons. The summed E-state index contributed by atoms with van der Waals surface area (Å²) in [4.78, 5) is 16.9. The summed E-state index contributed by atoms with van der Waals surface area (Å²) in [5, 5.41) is 4.12. The topological polar surface area (TPSA) is 68.0 Å². The molecule has 158 valence electrons. The maximum Gasteiger partial charge on any atom is 0.271 e. The molecule has 6 nitrogen and oxygen atoms in total. The number of benzene rings is 2. The zero-order chi connectivity index (χ0) is 21.5. The Balaban J connectivity index is 1.37. The zero-order valence-electron chi connectivity index (χ0n) is 17.0. The average molecular weight is 451 g/mol. The quantitative estimate of drug-likeness (QED) is 0.422. The van der Waals surface area contributed by atoms with Gasteiger partial charge in [-0.1, -0.05) is 23.5 Å². The SMILES string of the molecule is COc1ccc(C=NNC(=O)c2ccc(-n3cccc3)cc2)cc1CSC1=NCCS1. The van der Waals surface area contributed by atoms with E-state index >= 15 is 0 Å². The molecule has 1 amide bonds. The molecule has 1 aliphatic rings. The predicted molar refractivity (Wildman–Crippen MR) is 130 cm³/mol. The Kier molecular flexibility index (Phi) is 7.11. The molecule has 0 saturated carbocycles. The molecule has 1 aromatic heterocycles. The van der Waals surface area contributed by atoms with E-state index in [0.717, 1.165) is 45.0 Å². The van der Waals surface area contributed by atoms with Crippen molar-refractivity contribution in [3.8, 4) is 11.4 Å². The first-order valence-electron chi connectivity index (χ1n) is 9.77. The van der Waals surface area contributed by atoms with Crippen LogP contribution in [0.15, 0.2) is 77.1 Å². The molecule has 0 bridgehead atoms. The number of rotatable bonds is 7. The number of carbonyl (C=O) groups is 1. The van der Waals surface area contributed by atoms with Crippen molar-refractivity contribution in [1.29, 1.82) is 0 Å². The van der Waals surface area contributed by atoms with Crippen LogP contribution in [0.25, 0.3) is 5.69 Å². The van der Waals surface area contributed by atoms with E-state index in [1.165, 1.54) is 0 Å². The molecule has 2 heterocycles. The van der Waals surface area contributed by atoms with Gasteiger partial charge in [-0.2, -0.15) is 5.10 Å². The maximum atomic E-state index is 12.4. The predicted octanol–water partition coefficient (Wildman–Crippen LogP) is 4.59. The highest BCUT2D eigenvalue weighted by Gasteiger charge is 2.11. The van der Waals surface area contributed by atoms with Crippen LogP contribution < -0.4 is 10.2 Å². The van der Waals surface area contributed by atoms with Gasteiger partial charge in [-0.25, -0.2) is 5.43 Å². The molecule has 0 spiro atoms. The van der Waals surface area contributed by atoms with Crippen LogP contribution in [0.2, 0.25) is 0 Å². The summed E-state index contributed by atoms with van der Waals surface area (Å²) < 4.78 is 8.58. The highest BCUT2D eigenvalue weighted by molar-refractivity contribution is 8.38. The van der Waals surface area contributed by atoms with Crippen LogP contribution in [-0.4, -0.2) is 40.5 Å². The highest BCUT2D eigenvalue weighted by atomic mass is 32.2. The van der Waals surface area contributed by atoms with Gasteiger partial charge in [-0.15, -0.1) is 0 Å². The number of methoxy groups -OCH3 is 1. The third kappa shape index (κ3) is 5.59. The van der Waals surface area contributed by atoms with Crippen LogP contribution in [0.4, 0.5) is 0 Å². The number of aliphatic imine (C=N–C) groups is 1. The molecule has 0 saturated heterocycles. The van der Waals surface area contributed by atoms with Crippen LogP contribution >= 0.6 is 23.5 Å². The van der Waals surface area contributed by atoms with Gasteiger partial charge in [-0.05, 0) is 60.2 Å². The van der Waals surface area contributed by atoms with Crippen molar-refractivity contribution in [3.05, 3.63) is 83.7 Å². The van der Waals surface area contributed by atoms with Gasteiger partial charge in [0.2, 0.25) is 0 Å². The fourth-order valence-electron chi connectivity index (χ4n) is 3.06. The molecule has 0 atom stereocenters. The minimum absolute atomic E-state index is 0.254. The number of hydrogen-bond donors (Lipinski definition) is 1. The minimum Gasteiger partial charge on any atom is -0.496 e. The molecule has 1 aliphatic heterocycles. The van der Waals surface area contributed by atoms with Crippen molar-refractivity contribution in [2.75, 3.05) is 19.4 Å². The Bertz CT molecular complexity index is 1090. The molecule has 31 heavy (non-hydrogen) atoms. The van der Waals surface area contributed by atoms with E-state index in [1.807, 2.05) is 59.4 Å². The van der Waals surface area contributed by atoms with Crippen molar-refractivity contribution in [2.45, 2.75) is 5.75 Å². The van der Waals surface area contributed by atoms with E-state index in [2.05, 4.69) is 15.5 Å². The first-order valence-corrected chi connectivity index (χ1v) is 11.7. The van der Waals surface area contributed by atoms with E-state index in [1.54, 1.807) is 49.0 Å². The lowest BCUT2D eigenvalue weighted by molar-refractivity contribution is 0.0955. The van der Waals surface area contributed by atoms with Crippen molar-refractivity contribution in [2.24, 2.45) is 10.1 Å². The molecule has 0 aliphatic carbocycles. The van der Waals surface area contributed by atoms with Gasteiger partial charge in [0.15, 0.2) is 0 Å². The molecular weight excluding hydrogens is 428 g/mol. The molecule has 8 heteroatoms. The Hall–Kier alpha value is -2.97. The lowest BCUT2D eigenvalue weighted by Gasteiger charge is -2.09. The fraction of sp³-hybridized carbons (Fsp3) is 0.174. The zero-order valence-corrected chi connectivity index (χ0v) is 18.7. The van der Waals surface area contributed by atoms with Gasteiger partial charge in [-0.3, -0.25) is 9.79 Å². The Morgan fingerprint density at radius 1 is 1.26 bits per heavy atom.